The first-order valence-corrected chi connectivity index (χ1v) is 18.1. The number of rotatable bonds is 10. The van der Waals surface area contributed by atoms with Crippen molar-refractivity contribution in [1.29, 1.82) is 0 Å². The summed E-state index contributed by atoms with van der Waals surface area (Å²) in [6.45, 7) is 6.21. The quantitative estimate of drug-likeness (QED) is 0.111. The van der Waals surface area contributed by atoms with E-state index in [-0.39, 0.29) is 29.8 Å². The molecule has 6 rings (SSSR count). The predicted octanol–water partition coefficient (Wildman–Crippen LogP) is 4.30. The second-order valence-electron chi connectivity index (χ2n) is 12.3. The Morgan fingerprint density at radius 1 is 1.00 bits per heavy atom. The van der Waals surface area contributed by atoms with E-state index >= 15 is 0 Å². The number of carbonyl (C=O) groups is 1. The lowest BCUT2D eigenvalue weighted by Crippen LogP contribution is -2.67. The fourth-order valence-corrected chi connectivity index (χ4v) is 11.2. The molecule has 12 nitrogen and oxygen atoms in total. The first-order valence-electron chi connectivity index (χ1n) is 15.0. The third-order valence-corrected chi connectivity index (χ3v) is 13.8. The molecule has 14 heteroatoms. The molecule has 2 aromatic heterocycles. The van der Waals surface area contributed by atoms with Crippen molar-refractivity contribution in [2.45, 2.75) is 50.3 Å². The number of carbonyl (C=O) groups excluding carboxylic acids is 1. The van der Waals surface area contributed by atoms with Crippen LogP contribution in [0.5, 0.6) is 0 Å². The molecule has 1 amide bonds. The first kappa shape index (κ1) is 32.7. The lowest BCUT2D eigenvalue weighted by atomic mass is 10.1. The second-order valence-corrected chi connectivity index (χ2v) is 17.3. The van der Waals surface area contributed by atoms with E-state index in [2.05, 4.69) is 41.0 Å². The number of hydrogen-bond acceptors (Lipinski definition) is 9. The van der Waals surface area contributed by atoms with E-state index in [0.717, 1.165) is 10.4 Å². The Kier molecular flexibility index (Phi) is 9.14. The van der Waals surface area contributed by atoms with Crippen molar-refractivity contribution in [3.8, 4) is 0 Å². The number of nitrogens with one attached hydrogen (secondary N) is 1. The maximum Gasteiger partial charge on any atom is 0.697 e. The molecule has 3 aromatic carbocycles. The van der Waals surface area contributed by atoms with E-state index in [1.165, 1.54) is 12.7 Å². The summed E-state index contributed by atoms with van der Waals surface area (Å²) in [5.74, 6) is -2.36. The number of anilines is 1. The Labute approximate surface area is 273 Å². The molecule has 0 spiro atoms. The Morgan fingerprint density at radius 2 is 1.60 bits per heavy atom. The van der Waals surface area contributed by atoms with Gasteiger partial charge in [-0.1, -0.05) is 104 Å². The topological polar surface area (TPSA) is 158 Å². The van der Waals surface area contributed by atoms with Gasteiger partial charge < -0.3 is 19.6 Å². The number of amides is 1. The lowest BCUT2D eigenvalue weighted by Gasteiger charge is -2.43. The molecule has 0 aliphatic carbocycles. The summed E-state index contributed by atoms with van der Waals surface area (Å²) in [5, 5.41) is 16.2. The van der Waals surface area contributed by atoms with Crippen LogP contribution in [-0.2, 0) is 18.3 Å². The van der Waals surface area contributed by atoms with Crippen LogP contribution >= 0.6 is 8.25 Å². The van der Waals surface area contributed by atoms with Gasteiger partial charge in [0.15, 0.2) is 17.0 Å². The molecule has 0 radical (unpaired) electrons. The number of aromatic nitrogens is 4. The highest BCUT2D eigenvalue weighted by Crippen LogP contribution is 2.44. The average Bonchev–Trinajstić information content (AvgIpc) is 3.63. The maximum absolute atomic E-state index is 12.8. The number of nitrogens with zero attached hydrogens (tertiary/aromatic N) is 4. The molecular formula is C33H35N5O7PSi+. The van der Waals surface area contributed by atoms with Crippen LogP contribution in [0.2, 0.25) is 5.04 Å². The summed E-state index contributed by atoms with van der Waals surface area (Å²) in [7, 11) is -6.27. The lowest BCUT2D eigenvalue weighted by molar-refractivity contribution is -0.183. The van der Waals surface area contributed by atoms with E-state index in [4.69, 9.17) is 13.7 Å². The summed E-state index contributed by atoms with van der Waals surface area (Å²) in [6, 6.07) is 28.6. The summed E-state index contributed by atoms with van der Waals surface area (Å²) in [5.41, 5.74) is 1.06. The molecule has 47 heavy (non-hydrogen) atoms. The molecule has 1 unspecified atom stereocenters. The Bertz CT molecular complexity index is 1840. The molecule has 0 bridgehead atoms. The largest absolute Gasteiger partial charge is 0.697 e. The van der Waals surface area contributed by atoms with Gasteiger partial charge in [0, 0.05) is 10.1 Å². The highest BCUT2D eigenvalue weighted by Gasteiger charge is 2.58. The molecule has 242 valence electrons. The summed E-state index contributed by atoms with van der Waals surface area (Å²) in [4.78, 5) is 35.6. The molecule has 1 aliphatic rings. The Morgan fingerprint density at radius 3 is 2.17 bits per heavy atom. The number of fused-ring (bicyclic) bond motifs is 1. The van der Waals surface area contributed by atoms with Crippen LogP contribution in [0.15, 0.2) is 104 Å². The molecule has 5 aromatic rings. The van der Waals surface area contributed by atoms with Crippen molar-refractivity contribution >= 4 is 49.8 Å². The van der Waals surface area contributed by atoms with Crippen molar-refractivity contribution in [1.82, 2.24) is 19.5 Å². The van der Waals surface area contributed by atoms with Crippen LogP contribution in [0.3, 0.4) is 0 Å². The minimum atomic E-state index is -3.21. The van der Waals surface area contributed by atoms with Gasteiger partial charge in [-0.25, -0.2) is 15.0 Å². The normalized spacial score (nSPS) is 20.3. The zero-order valence-corrected chi connectivity index (χ0v) is 28.0. The van der Waals surface area contributed by atoms with Crippen LogP contribution in [-0.4, -0.2) is 62.2 Å². The molecular weight excluding hydrogens is 637 g/mol. The number of aliphatic hydroxyl groups is 1. The van der Waals surface area contributed by atoms with Gasteiger partial charge in [-0.05, 0) is 27.5 Å². The second kappa shape index (κ2) is 13.1. The van der Waals surface area contributed by atoms with E-state index in [1.54, 1.807) is 28.8 Å². The summed E-state index contributed by atoms with van der Waals surface area (Å²) < 4.78 is 32.1. The van der Waals surface area contributed by atoms with Crippen molar-refractivity contribution in [2.24, 2.45) is 0 Å². The zero-order valence-electron chi connectivity index (χ0n) is 26.1. The molecule has 0 saturated carbocycles. The first-order chi connectivity index (χ1) is 22.5. The molecule has 3 heterocycles. The minimum Gasteiger partial charge on any atom is -0.405 e. The Balaban J connectivity index is 1.33. The van der Waals surface area contributed by atoms with Gasteiger partial charge in [-0.2, -0.15) is 0 Å². The van der Waals surface area contributed by atoms with Gasteiger partial charge in [0.25, 0.3) is 20.0 Å². The van der Waals surface area contributed by atoms with Crippen LogP contribution in [0.25, 0.3) is 11.2 Å². The molecule has 1 saturated heterocycles. The maximum atomic E-state index is 12.8. The highest BCUT2D eigenvalue weighted by molar-refractivity contribution is 7.32. The van der Waals surface area contributed by atoms with E-state index in [0.29, 0.717) is 16.7 Å². The number of ether oxygens (including phenoxy) is 1. The zero-order chi connectivity index (χ0) is 33.2. The SMILES string of the molecule is CC(C)(C)[Si](OC[C@H]1O[C@@H](n2cnc3c(NC(=O)c4ccccc4)ncnc32)C[C@@]1(O)O[P+](=O)O)(c1ccccc1)c1ccccc1. The van der Waals surface area contributed by atoms with Crippen molar-refractivity contribution in [2.75, 3.05) is 11.9 Å². The summed E-state index contributed by atoms with van der Waals surface area (Å²) in [6.07, 6.45) is 0.418. The minimum absolute atomic E-state index is 0.149. The van der Waals surface area contributed by atoms with E-state index in [1.807, 2.05) is 66.7 Å². The fourth-order valence-electron chi connectivity index (χ4n) is 6.18. The summed E-state index contributed by atoms with van der Waals surface area (Å²) >= 11 is 0. The predicted molar refractivity (Wildman–Crippen MR) is 178 cm³/mol. The van der Waals surface area contributed by atoms with Crippen LogP contribution < -0.4 is 15.7 Å². The Hall–Kier alpha value is -4.20. The third kappa shape index (κ3) is 6.39. The monoisotopic (exact) mass is 672 g/mol. The molecule has 4 atom stereocenters. The van der Waals surface area contributed by atoms with Gasteiger partial charge in [-0.15, -0.1) is 4.89 Å². The van der Waals surface area contributed by atoms with Gasteiger partial charge in [-0.3, -0.25) is 9.36 Å². The van der Waals surface area contributed by atoms with Gasteiger partial charge >= 0.3 is 8.25 Å². The van der Waals surface area contributed by atoms with E-state index in [9.17, 15) is 19.4 Å². The number of hydrogen-bond donors (Lipinski definition) is 3. The van der Waals surface area contributed by atoms with Crippen molar-refractivity contribution < 1.29 is 33.0 Å². The van der Waals surface area contributed by atoms with Crippen LogP contribution in [0.1, 0.15) is 43.8 Å². The fraction of sp³-hybridized carbons (Fsp3) is 0.273. The average molecular weight is 673 g/mol. The molecule has 1 aliphatic heterocycles. The van der Waals surface area contributed by atoms with Crippen molar-refractivity contribution in [3.05, 3.63) is 109 Å². The standard InChI is InChI=1S/C33H34N5O7PSi/c1-32(2,3)47(24-15-9-5-10-16-24,25-17-11-6-12-18-25)43-20-26-33(40,45-46(41)42)19-27(44-26)38-22-36-28-29(34-21-35-30(28)38)37-31(39)23-13-7-4-8-14-23/h4-18,21-22,26-27,40H,19-20H2,1-3H3,(H-,34,35,37,39,41,42)/p+1/t26-,27-,33-/m1/s1. The number of imidazole rings is 1. The smallest absolute Gasteiger partial charge is 0.405 e. The van der Waals surface area contributed by atoms with E-state index < -0.39 is 34.7 Å². The van der Waals surface area contributed by atoms with Crippen molar-refractivity contribution in [3.63, 3.8) is 0 Å². The third-order valence-electron chi connectivity index (χ3n) is 8.33. The number of benzene rings is 3. The van der Waals surface area contributed by atoms with Gasteiger partial charge in [0.2, 0.25) is 0 Å². The van der Waals surface area contributed by atoms with Crippen LogP contribution in [0, 0.1) is 0 Å². The molecule has 3 N–H and O–H groups in total. The highest BCUT2D eigenvalue weighted by atomic mass is 31.1. The van der Waals surface area contributed by atoms with Gasteiger partial charge in [0.05, 0.1) is 19.4 Å². The van der Waals surface area contributed by atoms with Gasteiger partial charge in [0.1, 0.15) is 18.7 Å². The molecule has 1 fully saturated rings. The van der Waals surface area contributed by atoms with Crippen LogP contribution in [0.4, 0.5) is 5.82 Å².